The zero-order valence-corrected chi connectivity index (χ0v) is 16.5. The van der Waals surface area contributed by atoms with E-state index in [1.165, 1.54) is 11.3 Å². The van der Waals surface area contributed by atoms with Crippen molar-refractivity contribution in [3.63, 3.8) is 0 Å². The number of rotatable bonds is 6. The molecule has 5 nitrogen and oxygen atoms in total. The number of hydrogen-bond donors (Lipinski definition) is 2. The Morgan fingerprint density at radius 2 is 1.93 bits per heavy atom. The summed E-state index contributed by atoms with van der Waals surface area (Å²) in [6, 6.07) is 12.3. The van der Waals surface area contributed by atoms with Crippen molar-refractivity contribution in [2.45, 2.75) is 44.9 Å². The highest BCUT2D eigenvalue weighted by Gasteiger charge is 2.29. The monoisotopic (exact) mass is 386 g/mol. The molecule has 2 amide bonds. The van der Waals surface area contributed by atoms with E-state index in [-0.39, 0.29) is 24.0 Å². The second-order valence-electron chi connectivity index (χ2n) is 7.18. The normalized spacial score (nSPS) is 20.9. The minimum absolute atomic E-state index is 0.0588. The van der Waals surface area contributed by atoms with Crippen molar-refractivity contribution in [1.82, 2.24) is 10.6 Å². The fourth-order valence-corrected chi connectivity index (χ4v) is 3.89. The molecule has 0 spiro atoms. The second kappa shape index (κ2) is 9.15. The number of ether oxygens (including phenoxy) is 1. The quantitative estimate of drug-likeness (QED) is 0.798. The van der Waals surface area contributed by atoms with Crippen molar-refractivity contribution >= 4 is 23.2 Å². The molecule has 0 bridgehead atoms. The lowest BCUT2D eigenvalue weighted by atomic mass is 9.95. The summed E-state index contributed by atoms with van der Waals surface area (Å²) < 4.78 is 5.79. The molecule has 1 aromatic heterocycles. The molecular formula is C21H26N2O3S. The summed E-state index contributed by atoms with van der Waals surface area (Å²) in [5, 5.41) is 7.86. The number of amides is 2. The molecule has 144 valence electrons. The van der Waals surface area contributed by atoms with Gasteiger partial charge in [0.2, 0.25) is 5.91 Å². The lowest BCUT2D eigenvalue weighted by Crippen LogP contribution is -2.48. The van der Waals surface area contributed by atoms with Crippen LogP contribution in [-0.4, -0.2) is 30.6 Å². The van der Waals surface area contributed by atoms with Gasteiger partial charge in [0.1, 0.15) is 6.04 Å². The van der Waals surface area contributed by atoms with Crippen LogP contribution in [0.1, 0.15) is 48.0 Å². The van der Waals surface area contributed by atoms with Gasteiger partial charge in [0.15, 0.2) is 0 Å². The van der Waals surface area contributed by atoms with Crippen LogP contribution in [-0.2, 0) is 9.53 Å². The van der Waals surface area contributed by atoms with Gasteiger partial charge in [0, 0.05) is 12.6 Å². The van der Waals surface area contributed by atoms with Crippen LogP contribution >= 0.6 is 11.3 Å². The van der Waals surface area contributed by atoms with Gasteiger partial charge in [-0.3, -0.25) is 9.59 Å². The molecular weight excluding hydrogens is 360 g/mol. The molecule has 1 saturated heterocycles. The van der Waals surface area contributed by atoms with Gasteiger partial charge in [-0.1, -0.05) is 50.2 Å². The van der Waals surface area contributed by atoms with E-state index in [2.05, 4.69) is 24.5 Å². The number of carbonyl (C=O) groups is 2. The summed E-state index contributed by atoms with van der Waals surface area (Å²) in [5.74, 6) is -0.00490. The highest BCUT2D eigenvalue weighted by Crippen LogP contribution is 2.22. The van der Waals surface area contributed by atoms with Gasteiger partial charge >= 0.3 is 0 Å². The molecule has 1 fully saturated rings. The van der Waals surface area contributed by atoms with E-state index in [4.69, 9.17) is 4.74 Å². The highest BCUT2D eigenvalue weighted by atomic mass is 32.1. The number of carbonyl (C=O) groups excluding carboxylic acids is 2. The minimum atomic E-state index is -0.721. The molecule has 2 N–H and O–H groups in total. The molecule has 0 unspecified atom stereocenters. The zero-order chi connectivity index (χ0) is 19.2. The Kier molecular flexibility index (Phi) is 6.63. The maximum absolute atomic E-state index is 13.0. The van der Waals surface area contributed by atoms with Gasteiger partial charge in [0.05, 0.1) is 11.0 Å². The van der Waals surface area contributed by atoms with E-state index in [1.54, 1.807) is 6.07 Å². The molecule has 1 aromatic carbocycles. The third kappa shape index (κ3) is 5.17. The fraction of sp³-hybridized carbons (Fsp3) is 0.429. The average molecular weight is 387 g/mol. The predicted molar refractivity (Wildman–Crippen MR) is 107 cm³/mol. The molecule has 3 rings (SSSR count). The standard InChI is InChI=1S/C21H26N2O3S/c1-14(2)17-13-16(10-11-26-17)22-21(25)19(15-7-4-3-5-8-15)23-20(24)18-9-6-12-27-18/h3-9,12,14,16-17,19H,10-11,13H2,1-2H3,(H,22,25)(H,23,24)/t16-,17+,19+/m1/s1. The van der Waals surface area contributed by atoms with Gasteiger partial charge in [0.25, 0.3) is 5.91 Å². The Morgan fingerprint density at radius 3 is 2.59 bits per heavy atom. The van der Waals surface area contributed by atoms with Crippen LogP contribution in [0.3, 0.4) is 0 Å². The Labute approximate surface area is 164 Å². The Bertz CT molecular complexity index is 746. The summed E-state index contributed by atoms with van der Waals surface area (Å²) in [6.45, 7) is 4.90. The van der Waals surface area contributed by atoms with Crippen LogP contribution in [0, 0.1) is 5.92 Å². The maximum atomic E-state index is 13.0. The van der Waals surface area contributed by atoms with Gasteiger partial charge in [-0.15, -0.1) is 11.3 Å². The van der Waals surface area contributed by atoms with Crippen LogP contribution in [0.5, 0.6) is 0 Å². The van der Waals surface area contributed by atoms with Crippen molar-refractivity contribution in [3.05, 3.63) is 58.3 Å². The van der Waals surface area contributed by atoms with Crippen molar-refractivity contribution in [1.29, 1.82) is 0 Å². The number of benzene rings is 1. The van der Waals surface area contributed by atoms with Crippen LogP contribution < -0.4 is 10.6 Å². The largest absolute Gasteiger partial charge is 0.378 e. The Hall–Kier alpha value is -2.18. The summed E-state index contributed by atoms with van der Waals surface area (Å²) in [4.78, 5) is 26.1. The van der Waals surface area contributed by atoms with Crippen molar-refractivity contribution in [2.75, 3.05) is 6.61 Å². The number of thiophene rings is 1. The molecule has 0 radical (unpaired) electrons. The first-order chi connectivity index (χ1) is 13.0. The molecule has 6 heteroatoms. The summed E-state index contributed by atoms with van der Waals surface area (Å²) in [5.41, 5.74) is 0.771. The van der Waals surface area contributed by atoms with Crippen molar-refractivity contribution < 1.29 is 14.3 Å². The first-order valence-corrected chi connectivity index (χ1v) is 10.2. The van der Waals surface area contributed by atoms with Crippen molar-refractivity contribution in [2.24, 2.45) is 5.92 Å². The Balaban J connectivity index is 1.72. The van der Waals surface area contributed by atoms with Gasteiger partial charge in [-0.25, -0.2) is 0 Å². The lowest BCUT2D eigenvalue weighted by Gasteiger charge is -2.33. The molecule has 0 saturated carbocycles. The second-order valence-corrected chi connectivity index (χ2v) is 8.13. The van der Waals surface area contributed by atoms with Crippen LogP contribution in [0.4, 0.5) is 0 Å². The van der Waals surface area contributed by atoms with Gasteiger partial charge in [-0.2, -0.15) is 0 Å². The molecule has 1 aliphatic heterocycles. The highest BCUT2D eigenvalue weighted by molar-refractivity contribution is 7.12. The molecule has 3 atom stereocenters. The van der Waals surface area contributed by atoms with E-state index >= 15 is 0 Å². The fourth-order valence-electron chi connectivity index (χ4n) is 3.26. The first-order valence-electron chi connectivity index (χ1n) is 9.36. The molecule has 2 heterocycles. The summed E-state index contributed by atoms with van der Waals surface area (Å²) >= 11 is 1.36. The lowest BCUT2D eigenvalue weighted by molar-refractivity contribution is -0.125. The van der Waals surface area contributed by atoms with E-state index < -0.39 is 6.04 Å². The average Bonchev–Trinajstić information content (AvgIpc) is 3.21. The van der Waals surface area contributed by atoms with Gasteiger partial charge in [-0.05, 0) is 35.8 Å². The van der Waals surface area contributed by atoms with Crippen LogP contribution in [0.15, 0.2) is 47.8 Å². The van der Waals surface area contributed by atoms with E-state index in [1.807, 2.05) is 41.8 Å². The Morgan fingerprint density at radius 1 is 1.15 bits per heavy atom. The molecule has 27 heavy (non-hydrogen) atoms. The van der Waals surface area contributed by atoms with Gasteiger partial charge < -0.3 is 15.4 Å². The van der Waals surface area contributed by atoms with E-state index in [9.17, 15) is 9.59 Å². The third-order valence-electron chi connectivity index (χ3n) is 4.82. The van der Waals surface area contributed by atoms with E-state index in [0.29, 0.717) is 17.4 Å². The predicted octanol–water partition coefficient (Wildman–Crippen LogP) is 3.54. The third-order valence-corrected chi connectivity index (χ3v) is 5.69. The number of hydrogen-bond acceptors (Lipinski definition) is 4. The van der Waals surface area contributed by atoms with E-state index in [0.717, 1.165) is 18.4 Å². The molecule has 0 aliphatic carbocycles. The topological polar surface area (TPSA) is 67.4 Å². The first kappa shape index (κ1) is 19.6. The smallest absolute Gasteiger partial charge is 0.262 e. The molecule has 1 aliphatic rings. The molecule has 2 aromatic rings. The summed E-state index contributed by atoms with van der Waals surface area (Å²) in [6.07, 6.45) is 1.74. The SMILES string of the molecule is CC(C)[C@@H]1C[C@H](NC(=O)[C@@H](NC(=O)c2cccs2)c2ccccc2)CCO1. The minimum Gasteiger partial charge on any atom is -0.378 e. The zero-order valence-electron chi connectivity index (χ0n) is 15.7. The maximum Gasteiger partial charge on any atom is 0.262 e. The van der Waals surface area contributed by atoms with Crippen LogP contribution in [0.25, 0.3) is 0 Å². The van der Waals surface area contributed by atoms with Crippen LogP contribution in [0.2, 0.25) is 0 Å². The van der Waals surface area contributed by atoms with Crippen molar-refractivity contribution in [3.8, 4) is 0 Å². The summed E-state index contributed by atoms with van der Waals surface area (Å²) in [7, 11) is 0. The number of nitrogens with one attached hydrogen (secondary N) is 2.